The highest BCUT2D eigenvalue weighted by molar-refractivity contribution is 9.10. The molecule has 2 rings (SSSR count). The zero-order valence-corrected chi connectivity index (χ0v) is 13.5. The second kappa shape index (κ2) is 7.79. The molecule has 0 aromatic heterocycles. The van der Waals surface area contributed by atoms with Gasteiger partial charge in [-0.15, -0.1) is 0 Å². The molecule has 1 N–H and O–H groups in total. The Morgan fingerprint density at radius 2 is 2.05 bits per heavy atom. The second-order valence-corrected chi connectivity index (χ2v) is 6.20. The molecule has 20 heavy (non-hydrogen) atoms. The molecule has 0 amide bonds. The molecule has 0 aliphatic heterocycles. The number of esters is 1. The van der Waals surface area contributed by atoms with Crippen LogP contribution in [0.15, 0.2) is 28.7 Å². The normalized spacial score (nSPS) is 21.3. The highest BCUT2D eigenvalue weighted by Gasteiger charge is 2.29. The van der Waals surface area contributed by atoms with Crippen molar-refractivity contribution < 1.29 is 9.53 Å². The maximum absolute atomic E-state index is 11.2. The third-order valence-corrected chi connectivity index (χ3v) is 4.30. The van der Waals surface area contributed by atoms with E-state index in [-0.39, 0.29) is 5.97 Å². The van der Waals surface area contributed by atoms with Gasteiger partial charge in [-0.2, -0.15) is 0 Å². The van der Waals surface area contributed by atoms with Crippen molar-refractivity contribution in [1.82, 2.24) is 5.32 Å². The van der Waals surface area contributed by atoms with E-state index in [1.165, 1.54) is 18.4 Å². The SMILES string of the molecule is CCOC(=O)CCCNC1CC(c2ccc(Br)cc2)C1. The summed E-state index contributed by atoms with van der Waals surface area (Å²) in [6.07, 6.45) is 3.77. The summed E-state index contributed by atoms with van der Waals surface area (Å²) < 4.78 is 6.04. The molecular formula is C16H22BrNO2. The van der Waals surface area contributed by atoms with Crippen molar-refractivity contribution in [3.8, 4) is 0 Å². The van der Waals surface area contributed by atoms with E-state index in [9.17, 15) is 4.79 Å². The number of benzene rings is 1. The first kappa shape index (κ1) is 15.5. The third-order valence-electron chi connectivity index (χ3n) is 3.78. The van der Waals surface area contributed by atoms with Crippen molar-refractivity contribution in [2.75, 3.05) is 13.2 Å². The van der Waals surface area contributed by atoms with Gasteiger partial charge in [-0.25, -0.2) is 0 Å². The van der Waals surface area contributed by atoms with Gasteiger partial charge in [-0.1, -0.05) is 28.1 Å². The number of ether oxygens (including phenoxy) is 1. The number of rotatable bonds is 7. The van der Waals surface area contributed by atoms with Gasteiger partial charge in [0.15, 0.2) is 0 Å². The average molecular weight is 340 g/mol. The van der Waals surface area contributed by atoms with Crippen LogP contribution in [0.1, 0.15) is 44.1 Å². The van der Waals surface area contributed by atoms with Crippen molar-refractivity contribution in [2.45, 2.75) is 44.6 Å². The van der Waals surface area contributed by atoms with Crippen LogP contribution in [0.4, 0.5) is 0 Å². The Bertz CT molecular complexity index is 427. The molecule has 0 radical (unpaired) electrons. The molecular weight excluding hydrogens is 318 g/mol. The Morgan fingerprint density at radius 3 is 2.70 bits per heavy atom. The van der Waals surface area contributed by atoms with Crippen LogP contribution >= 0.6 is 15.9 Å². The van der Waals surface area contributed by atoms with Crippen LogP contribution in [-0.2, 0) is 9.53 Å². The number of hydrogen-bond acceptors (Lipinski definition) is 3. The predicted octanol–water partition coefficient (Wildman–Crippen LogP) is 3.63. The van der Waals surface area contributed by atoms with E-state index >= 15 is 0 Å². The first-order valence-electron chi connectivity index (χ1n) is 7.33. The largest absolute Gasteiger partial charge is 0.466 e. The Hall–Kier alpha value is -0.870. The molecule has 0 spiro atoms. The van der Waals surface area contributed by atoms with Gasteiger partial charge in [-0.05, 0) is 56.3 Å². The lowest BCUT2D eigenvalue weighted by atomic mass is 9.76. The third kappa shape index (κ3) is 4.60. The number of carbonyl (C=O) groups is 1. The van der Waals surface area contributed by atoms with Crippen LogP contribution in [0.25, 0.3) is 0 Å². The highest BCUT2D eigenvalue weighted by atomic mass is 79.9. The maximum atomic E-state index is 11.2. The van der Waals surface area contributed by atoms with E-state index in [0.29, 0.717) is 25.0 Å². The Labute approximate surface area is 129 Å². The van der Waals surface area contributed by atoms with Crippen LogP contribution in [-0.4, -0.2) is 25.2 Å². The van der Waals surface area contributed by atoms with Crippen LogP contribution in [0.3, 0.4) is 0 Å². The molecule has 0 atom stereocenters. The molecule has 110 valence electrons. The number of nitrogens with one attached hydrogen (secondary N) is 1. The van der Waals surface area contributed by atoms with Crippen LogP contribution in [0.5, 0.6) is 0 Å². The molecule has 1 fully saturated rings. The molecule has 1 aliphatic carbocycles. The Kier molecular flexibility index (Phi) is 6.05. The van der Waals surface area contributed by atoms with Gasteiger partial charge in [0.05, 0.1) is 6.61 Å². The van der Waals surface area contributed by atoms with Gasteiger partial charge in [-0.3, -0.25) is 4.79 Å². The molecule has 1 saturated carbocycles. The fraction of sp³-hybridized carbons (Fsp3) is 0.562. The monoisotopic (exact) mass is 339 g/mol. The summed E-state index contributed by atoms with van der Waals surface area (Å²) in [4.78, 5) is 11.2. The lowest BCUT2D eigenvalue weighted by molar-refractivity contribution is -0.143. The molecule has 0 bridgehead atoms. The first-order chi connectivity index (χ1) is 9.69. The molecule has 4 heteroatoms. The maximum Gasteiger partial charge on any atom is 0.305 e. The Balaban J connectivity index is 1.58. The number of halogens is 1. The minimum absolute atomic E-state index is 0.0874. The number of carbonyl (C=O) groups excluding carboxylic acids is 1. The zero-order chi connectivity index (χ0) is 14.4. The van der Waals surface area contributed by atoms with E-state index in [2.05, 4.69) is 45.5 Å². The molecule has 0 saturated heterocycles. The van der Waals surface area contributed by atoms with Gasteiger partial charge in [0.25, 0.3) is 0 Å². The topological polar surface area (TPSA) is 38.3 Å². The summed E-state index contributed by atoms with van der Waals surface area (Å²) in [7, 11) is 0. The molecule has 1 aromatic carbocycles. The molecule has 1 aliphatic rings. The first-order valence-corrected chi connectivity index (χ1v) is 8.12. The summed E-state index contributed by atoms with van der Waals surface area (Å²) in [6.45, 7) is 3.22. The molecule has 3 nitrogen and oxygen atoms in total. The van der Waals surface area contributed by atoms with Crippen LogP contribution < -0.4 is 5.32 Å². The Morgan fingerprint density at radius 1 is 1.35 bits per heavy atom. The van der Waals surface area contributed by atoms with E-state index in [4.69, 9.17) is 4.74 Å². The van der Waals surface area contributed by atoms with Gasteiger partial charge in [0.2, 0.25) is 0 Å². The smallest absolute Gasteiger partial charge is 0.305 e. The van der Waals surface area contributed by atoms with E-state index in [1.54, 1.807) is 0 Å². The summed E-state index contributed by atoms with van der Waals surface area (Å²) in [6, 6.07) is 9.22. The highest BCUT2D eigenvalue weighted by Crippen LogP contribution is 2.37. The molecule has 1 aromatic rings. The quantitative estimate of drug-likeness (QED) is 0.609. The van der Waals surface area contributed by atoms with Gasteiger partial charge >= 0.3 is 5.97 Å². The van der Waals surface area contributed by atoms with Crippen molar-refractivity contribution in [1.29, 1.82) is 0 Å². The lowest BCUT2D eigenvalue weighted by Gasteiger charge is -2.36. The van der Waals surface area contributed by atoms with Gasteiger partial charge < -0.3 is 10.1 Å². The van der Waals surface area contributed by atoms with E-state index in [0.717, 1.165) is 17.4 Å². The zero-order valence-electron chi connectivity index (χ0n) is 11.9. The van der Waals surface area contributed by atoms with Crippen molar-refractivity contribution >= 4 is 21.9 Å². The standard InChI is InChI=1S/C16H22BrNO2/c1-2-20-16(19)4-3-9-18-15-10-13(11-15)12-5-7-14(17)8-6-12/h5-8,13,15,18H,2-4,9-11H2,1H3. The van der Waals surface area contributed by atoms with Crippen molar-refractivity contribution in [2.24, 2.45) is 0 Å². The van der Waals surface area contributed by atoms with E-state index < -0.39 is 0 Å². The second-order valence-electron chi connectivity index (χ2n) is 5.28. The average Bonchev–Trinajstić information content (AvgIpc) is 2.38. The van der Waals surface area contributed by atoms with Crippen molar-refractivity contribution in [3.63, 3.8) is 0 Å². The summed E-state index contributed by atoms with van der Waals surface area (Å²) in [5, 5.41) is 3.51. The lowest BCUT2D eigenvalue weighted by Crippen LogP contribution is -2.40. The fourth-order valence-corrected chi connectivity index (χ4v) is 2.83. The number of hydrogen-bond donors (Lipinski definition) is 1. The summed E-state index contributed by atoms with van der Waals surface area (Å²) >= 11 is 3.46. The predicted molar refractivity (Wildman–Crippen MR) is 83.8 cm³/mol. The molecule has 0 heterocycles. The van der Waals surface area contributed by atoms with Crippen LogP contribution in [0, 0.1) is 0 Å². The summed E-state index contributed by atoms with van der Waals surface area (Å²) in [5.74, 6) is 0.598. The van der Waals surface area contributed by atoms with Gasteiger partial charge in [0, 0.05) is 16.9 Å². The minimum Gasteiger partial charge on any atom is -0.466 e. The summed E-state index contributed by atoms with van der Waals surface area (Å²) in [5.41, 5.74) is 1.43. The van der Waals surface area contributed by atoms with Crippen LogP contribution in [0.2, 0.25) is 0 Å². The fourth-order valence-electron chi connectivity index (χ4n) is 2.56. The van der Waals surface area contributed by atoms with Gasteiger partial charge in [0.1, 0.15) is 0 Å². The van der Waals surface area contributed by atoms with E-state index in [1.807, 2.05) is 6.92 Å². The molecule has 0 unspecified atom stereocenters. The van der Waals surface area contributed by atoms with Crippen molar-refractivity contribution in [3.05, 3.63) is 34.3 Å². The minimum atomic E-state index is -0.0874.